The zero-order chi connectivity index (χ0) is 17.3. The van der Waals surface area contributed by atoms with Crippen LogP contribution in [0.5, 0.6) is 0 Å². The van der Waals surface area contributed by atoms with Crippen LogP contribution >= 0.6 is 0 Å². The molecular weight excluding hydrogens is 304 g/mol. The summed E-state index contributed by atoms with van der Waals surface area (Å²) in [6.45, 7) is 11.4. The Kier molecular flexibility index (Phi) is 8.85. The normalized spacial score (nSPS) is 22.8. The zero-order valence-electron chi connectivity index (χ0n) is 15.8. The van der Waals surface area contributed by atoms with E-state index in [1.807, 2.05) is 6.92 Å². The Balaban J connectivity index is 2.72. The molecule has 3 unspecified atom stereocenters. The van der Waals surface area contributed by atoms with Crippen molar-refractivity contribution in [3.8, 4) is 11.5 Å². The van der Waals surface area contributed by atoms with E-state index in [1.165, 1.54) is 12.8 Å². The second-order valence-corrected chi connectivity index (χ2v) is 12.7. The summed E-state index contributed by atoms with van der Waals surface area (Å²) in [6, 6.07) is 0. The highest BCUT2D eigenvalue weighted by Gasteiger charge is 2.34. The van der Waals surface area contributed by atoms with E-state index >= 15 is 0 Å². The number of unbranched alkanes of at least 4 members (excludes halogenated alkanes) is 3. The van der Waals surface area contributed by atoms with Gasteiger partial charge in [0.1, 0.15) is 14.2 Å². The minimum absolute atomic E-state index is 0.216. The summed E-state index contributed by atoms with van der Waals surface area (Å²) in [5.74, 6) is 3.25. The van der Waals surface area contributed by atoms with Gasteiger partial charge in [-0.1, -0.05) is 58.2 Å². The molecule has 3 nitrogen and oxygen atoms in total. The average molecular weight is 341 g/mol. The van der Waals surface area contributed by atoms with Crippen LogP contribution < -0.4 is 0 Å². The molecule has 4 heteroatoms. The number of rotatable bonds is 8. The molecule has 1 N–H and O–H groups in total. The van der Waals surface area contributed by atoms with Gasteiger partial charge in [0, 0.05) is 6.61 Å². The van der Waals surface area contributed by atoms with Crippen LogP contribution in [0.3, 0.4) is 0 Å². The van der Waals surface area contributed by atoms with Gasteiger partial charge >= 0.3 is 0 Å². The van der Waals surface area contributed by atoms with Crippen molar-refractivity contribution in [3.05, 3.63) is 0 Å². The first-order chi connectivity index (χ1) is 10.7. The molecule has 0 aromatic heterocycles. The lowest BCUT2D eigenvalue weighted by Gasteiger charge is -2.34. The molecule has 0 aliphatic carbocycles. The second kappa shape index (κ2) is 9.83. The summed E-state index contributed by atoms with van der Waals surface area (Å²) in [4.78, 5) is 0. The van der Waals surface area contributed by atoms with Crippen molar-refractivity contribution in [1.29, 1.82) is 0 Å². The summed E-state index contributed by atoms with van der Waals surface area (Å²) in [7, 11) is -1.50. The quantitative estimate of drug-likeness (QED) is 0.402. The van der Waals surface area contributed by atoms with Gasteiger partial charge < -0.3 is 14.6 Å². The Morgan fingerprint density at radius 1 is 1.26 bits per heavy atom. The van der Waals surface area contributed by atoms with E-state index in [2.05, 4.69) is 38.0 Å². The van der Waals surface area contributed by atoms with Crippen molar-refractivity contribution < 1.29 is 14.6 Å². The summed E-state index contributed by atoms with van der Waals surface area (Å²) < 4.78 is 11.8. The summed E-state index contributed by atoms with van der Waals surface area (Å²) in [6.07, 6.45) is 7.76. The van der Waals surface area contributed by atoms with E-state index in [9.17, 15) is 5.11 Å². The predicted molar refractivity (Wildman–Crippen MR) is 99.0 cm³/mol. The SMILES string of the molecule is CCCCCCC(C)(O)C(C#C[Si](C)(C)C)OC1CCCCO1. The third kappa shape index (κ3) is 8.90. The Morgan fingerprint density at radius 3 is 2.57 bits per heavy atom. The Morgan fingerprint density at radius 2 is 2.00 bits per heavy atom. The molecule has 0 radical (unpaired) electrons. The molecule has 134 valence electrons. The summed E-state index contributed by atoms with van der Waals surface area (Å²) >= 11 is 0. The van der Waals surface area contributed by atoms with Gasteiger partial charge in [0.25, 0.3) is 0 Å². The molecule has 1 heterocycles. The van der Waals surface area contributed by atoms with Gasteiger partial charge in [0.05, 0.1) is 5.60 Å². The standard InChI is InChI=1S/C19H36O3Si/c1-6-7-8-10-14-19(2,20)17(13-16-23(3,4)5)22-18-12-9-11-15-21-18/h17-18,20H,6-12,14-15H2,1-5H3. The van der Waals surface area contributed by atoms with Gasteiger partial charge in [-0.2, -0.15) is 0 Å². The van der Waals surface area contributed by atoms with Gasteiger partial charge in [-0.3, -0.25) is 0 Å². The fourth-order valence-electron chi connectivity index (χ4n) is 2.63. The molecule has 0 aromatic carbocycles. The Bertz CT molecular complexity index is 384. The first-order valence-corrected chi connectivity index (χ1v) is 12.8. The third-order valence-corrected chi connectivity index (χ3v) is 5.00. The predicted octanol–water partition coefficient (Wildman–Crippen LogP) is 4.50. The molecule has 1 saturated heterocycles. The van der Waals surface area contributed by atoms with Crippen LogP contribution in [-0.2, 0) is 9.47 Å². The molecule has 0 saturated carbocycles. The number of ether oxygens (including phenoxy) is 2. The van der Waals surface area contributed by atoms with Gasteiger partial charge in [-0.15, -0.1) is 5.54 Å². The molecule has 0 bridgehead atoms. The van der Waals surface area contributed by atoms with E-state index < -0.39 is 19.8 Å². The molecule has 1 fully saturated rings. The van der Waals surface area contributed by atoms with E-state index in [0.29, 0.717) is 0 Å². The smallest absolute Gasteiger partial charge is 0.159 e. The van der Waals surface area contributed by atoms with Crippen LogP contribution in [-0.4, -0.2) is 37.8 Å². The zero-order valence-corrected chi connectivity index (χ0v) is 16.8. The first-order valence-electron chi connectivity index (χ1n) is 9.27. The lowest BCUT2D eigenvalue weighted by molar-refractivity contribution is -0.210. The highest BCUT2D eigenvalue weighted by molar-refractivity contribution is 6.83. The van der Waals surface area contributed by atoms with Crippen molar-refractivity contribution in [2.75, 3.05) is 6.61 Å². The molecule has 1 aliphatic heterocycles. The van der Waals surface area contributed by atoms with Crippen LogP contribution in [0.25, 0.3) is 0 Å². The topological polar surface area (TPSA) is 38.7 Å². The van der Waals surface area contributed by atoms with Crippen molar-refractivity contribution in [2.45, 2.75) is 103 Å². The maximum Gasteiger partial charge on any atom is 0.159 e. The van der Waals surface area contributed by atoms with E-state index in [-0.39, 0.29) is 6.29 Å². The van der Waals surface area contributed by atoms with Gasteiger partial charge in [0.2, 0.25) is 0 Å². The van der Waals surface area contributed by atoms with Gasteiger partial charge in [-0.25, -0.2) is 0 Å². The monoisotopic (exact) mass is 340 g/mol. The number of aliphatic hydroxyl groups is 1. The lowest BCUT2D eigenvalue weighted by atomic mass is 9.92. The molecule has 1 aliphatic rings. The third-order valence-electron chi connectivity index (χ3n) is 4.11. The van der Waals surface area contributed by atoms with Crippen molar-refractivity contribution in [3.63, 3.8) is 0 Å². The average Bonchev–Trinajstić information content (AvgIpc) is 2.48. The molecular formula is C19H36O3Si. The van der Waals surface area contributed by atoms with Gasteiger partial charge in [-0.05, 0) is 32.6 Å². The Labute approximate surface area is 144 Å². The maximum atomic E-state index is 10.9. The fraction of sp³-hybridized carbons (Fsp3) is 0.895. The number of hydrogen-bond donors (Lipinski definition) is 1. The molecule has 3 atom stereocenters. The van der Waals surface area contributed by atoms with Crippen LogP contribution in [0.1, 0.15) is 65.2 Å². The molecule has 0 aromatic rings. The Hall–Kier alpha value is -0.343. The largest absolute Gasteiger partial charge is 0.386 e. The van der Waals surface area contributed by atoms with Crippen LogP contribution in [0, 0.1) is 11.5 Å². The van der Waals surface area contributed by atoms with Gasteiger partial charge in [0.15, 0.2) is 6.29 Å². The van der Waals surface area contributed by atoms with Crippen LogP contribution in [0.4, 0.5) is 0 Å². The maximum absolute atomic E-state index is 10.9. The minimum atomic E-state index is -1.50. The molecule has 1 rings (SSSR count). The second-order valence-electron chi connectivity index (χ2n) is 8.00. The van der Waals surface area contributed by atoms with Crippen molar-refractivity contribution in [1.82, 2.24) is 0 Å². The minimum Gasteiger partial charge on any atom is -0.386 e. The van der Waals surface area contributed by atoms with Crippen LogP contribution in [0.15, 0.2) is 0 Å². The van der Waals surface area contributed by atoms with E-state index in [0.717, 1.165) is 45.1 Å². The van der Waals surface area contributed by atoms with Crippen LogP contribution in [0.2, 0.25) is 19.6 Å². The molecule has 0 amide bonds. The van der Waals surface area contributed by atoms with E-state index in [1.54, 1.807) is 0 Å². The lowest BCUT2D eigenvalue weighted by Crippen LogP contribution is -2.44. The molecule has 0 spiro atoms. The highest BCUT2D eigenvalue weighted by Crippen LogP contribution is 2.25. The molecule has 23 heavy (non-hydrogen) atoms. The fourth-order valence-corrected chi connectivity index (χ4v) is 3.19. The first kappa shape index (κ1) is 20.7. The van der Waals surface area contributed by atoms with Crippen molar-refractivity contribution in [2.24, 2.45) is 0 Å². The number of hydrogen-bond acceptors (Lipinski definition) is 3. The summed E-state index contributed by atoms with van der Waals surface area (Å²) in [5, 5.41) is 10.9. The highest BCUT2D eigenvalue weighted by atomic mass is 28.3. The van der Waals surface area contributed by atoms with E-state index in [4.69, 9.17) is 9.47 Å². The summed E-state index contributed by atoms with van der Waals surface area (Å²) in [5.41, 5.74) is 2.45. The van der Waals surface area contributed by atoms with Crippen molar-refractivity contribution >= 4 is 8.07 Å².